The van der Waals surface area contributed by atoms with E-state index in [0.29, 0.717) is 17.8 Å². The number of benzene rings is 1. The molecule has 3 fully saturated rings. The highest BCUT2D eigenvalue weighted by molar-refractivity contribution is 5.72. The van der Waals surface area contributed by atoms with Gasteiger partial charge in [0.2, 0.25) is 5.92 Å². The van der Waals surface area contributed by atoms with Gasteiger partial charge in [-0.25, -0.2) is 13.8 Å². The molecule has 32 heavy (non-hydrogen) atoms. The number of fused-ring (bicyclic) bond motifs is 4. The molecule has 1 aromatic carbocycles. The summed E-state index contributed by atoms with van der Waals surface area (Å²) in [5.41, 5.74) is 2.05. The summed E-state index contributed by atoms with van der Waals surface area (Å²) in [6, 6.07) is 4.32. The zero-order valence-electron chi connectivity index (χ0n) is 17.3. The van der Waals surface area contributed by atoms with Gasteiger partial charge in [-0.1, -0.05) is 6.07 Å². The standard InChI is InChI=1S/C21H23F2N7O2/c1-30(16-5-13-6-21(22,23)7-15(16)20(32)27-13)18-10-24-19(29-28-18)14-3-2-11(4-17(14)31)12-8-25-26-9-12/h2-4,8-10,13,15-16,20,27,31-32H,5-7H2,1H3,(H,25,26)/t13-,15?,16+,20+/m1/s1. The summed E-state index contributed by atoms with van der Waals surface area (Å²) >= 11 is 0. The van der Waals surface area contributed by atoms with Crippen molar-refractivity contribution in [3.63, 3.8) is 0 Å². The van der Waals surface area contributed by atoms with Crippen molar-refractivity contribution >= 4 is 5.82 Å². The Labute approximate surface area is 182 Å². The second kappa shape index (κ2) is 7.75. The van der Waals surface area contributed by atoms with Crippen LogP contribution in [0.2, 0.25) is 0 Å². The molecule has 11 heteroatoms. The van der Waals surface area contributed by atoms with E-state index in [-0.39, 0.29) is 30.5 Å². The first kappa shape index (κ1) is 20.7. The first-order valence-electron chi connectivity index (χ1n) is 10.4. The van der Waals surface area contributed by atoms with E-state index in [2.05, 4.69) is 30.7 Å². The van der Waals surface area contributed by atoms with Gasteiger partial charge in [0.1, 0.15) is 12.0 Å². The second-order valence-corrected chi connectivity index (χ2v) is 8.51. The molecule has 1 aliphatic carbocycles. The van der Waals surface area contributed by atoms with Gasteiger partial charge in [-0.05, 0) is 24.1 Å². The third kappa shape index (κ3) is 3.78. The maximum absolute atomic E-state index is 14.2. The van der Waals surface area contributed by atoms with Crippen molar-refractivity contribution in [2.24, 2.45) is 5.92 Å². The van der Waals surface area contributed by atoms with Crippen molar-refractivity contribution in [2.75, 3.05) is 11.9 Å². The molecule has 1 unspecified atom stereocenters. The van der Waals surface area contributed by atoms with E-state index >= 15 is 0 Å². The van der Waals surface area contributed by atoms with E-state index in [9.17, 15) is 19.0 Å². The molecule has 168 valence electrons. The molecule has 2 saturated heterocycles. The average molecular weight is 443 g/mol. The number of hydrogen-bond donors (Lipinski definition) is 4. The number of halogens is 2. The number of rotatable bonds is 4. The van der Waals surface area contributed by atoms with Crippen LogP contribution in [-0.4, -0.2) is 66.9 Å². The Hall–Kier alpha value is -3.18. The Morgan fingerprint density at radius 2 is 2.00 bits per heavy atom. The molecule has 0 amide bonds. The topological polar surface area (TPSA) is 123 Å². The molecule has 4 N–H and O–H groups in total. The molecule has 9 nitrogen and oxygen atoms in total. The quantitative estimate of drug-likeness (QED) is 0.484. The van der Waals surface area contributed by atoms with Gasteiger partial charge >= 0.3 is 0 Å². The van der Waals surface area contributed by atoms with E-state index in [1.54, 1.807) is 36.5 Å². The molecule has 0 spiro atoms. The van der Waals surface area contributed by atoms with Gasteiger partial charge in [0, 0.05) is 49.7 Å². The number of alkyl halides is 2. The molecule has 2 aliphatic heterocycles. The zero-order valence-corrected chi connectivity index (χ0v) is 17.3. The number of piperidine rings is 1. The number of aromatic nitrogens is 5. The highest BCUT2D eigenvalue weighted by Gasteiger charge is 2.50. The first-order chi connectivity index (χ1) is 15.3. The maximum atomic E-state index is 14.2. The summed E-state index contributed by atoms with van der Waals surface area (Å²) in [6.45, 7) is 0. The molecule has 1 saturated carbocycles. The summed E-state index contributed by atoms with van der Waals surface area (Å²) in [7, 11) is 1.75. The number of phenolic OH excluding ortho intramolecular Hbond substituents is 1. The van der Waals surface area contributed by atoms with Crippen molar-refractivity contribution in [3.8, 4) is 28.3 Å². The van der Waals surface area contributed by atoms with Gasteiger partial charge < -0.3 is 15.1 Å². The number of aliphatic hydroxyl groups excluding tert-OH is 1. The lowest BCUT2D eigenvalue weighted by atomic mass is 9.87. The summed E-state index contributed by atoms with van der Waals surface area (Å²) in [6.07, 6.45) is 3.67. The van der Waals surface area contributed by atoms with Crippen LogP contribution in [0.1, 0.15) is 19.3 Å². The highest BCUT2D eigenvalue weighted by Crippen LogP contribution is 2.42. The molecule has 4 atom stereocenters. The average Bonchev–Trinajstić information content (AvgIpc) is 3.22. The number of nitrogens with one attached hydrogen (secondary N) is 2. The lowest BCUT2D eigenvalue weighted by Crippen LogP contribution is -2.56. The largest absolute Gasteiger partial charge is 0.507 e. The zero-order chi connectivity index (χ0) is 22.5. The van der Waals surface area contributed by atoms with E-state index < -0.39 is 24.1 Å². The van der Waals surface area contributed by atoms with E-state index in [1.165, 1.54) is 6.20 Å². The van der Waals surface area contributed by atoms with Crippen molar-refractivity contribution in [3.05, 3.63) is 36.8 Å². The lowest BCUT2D eigenvalue weighted by Gasteiger charge is -2.42. The fourth-order valence-corrected chi connectivity index (χ4v) is 4.77. The van der Waals surface area contributed by atoms with Gasteiger partial charge in [-0.3, -0.25) is 10.4 Å². The number of aliphatic hydroxyl groups is 1. The van der Waals surface area contributed by atoms with E-state index in [4.69, 9.17) is 0 Å². The van der Waals surface area contributed by atoms with Gasteiger partial charge in [0.15, 0.2) is 11.6 Å². The lowest BCUT2D eigenvalue weighted by molar-refractivity contribution is -0.0344. The number of aromatic amines is 1. The highest BCUT2D eigenvalue weighted by atomic mass is 19.3. The first-order valence-corrected chi connectivity index (χ1v) is 10.4. The van der Waals surface area contributed by atoms with Crippen molar-refractivity contribution in [1.29, 1.82) is 0 Å². The Morgan fingerprint density at radius 3 is 2.69 bits per heavy atom. The van der Waals surface area contributed by atoms with Crippen LogP contribution in [0.25, 0.3) is 22.5 Å². The molecule has 4 heterocycles. The van der Waals surface area contributed by atoms with Crippen molar-refractivity contribution in [1.82, 2.24) is 30.7 Å². The summed E-state index contributed by atoms with van der Waals surface area (Å²) in [5, 5.41) is 38.7. The molecule has 3 aromatic rings. The molecule has 3 aliphatic rings. The molecule has 0 radical (unpaired) electrons. The number of nitrogens with zero attached hydrogens (tertiary/aromatic N) is 5. The van der Waals surface area contributed by atoms with Gasteiger partial charge in [0.25, 0.3) is 0 Å². The number of anilines is 1. The molecule has 6 rings (SSSR count). The van der Waals surface area contributed by atoms with E-state index in [0.717, 1.165) is 11.1 Å². The third-order valence-corrected chi connectivity index (χ3v) is 6.39. The Kier molecular flexibility index (Phi) is 5.01. The van der Waals surface area contributed by atoms with Crippen LogP contribution >= 0.6 is 0 Å². The van der Waals surface area contributed by atoms with Crippen molar-refractivity contribution < 1.29 is 19.0 Å². The van der Waals surface area contributed by atoms with Crippen LogP contribution in [0.4, 0.5) is 14.6 Å². The molecule has 2 bridgehead atoms. The van der Waals surface area contributed by atoms with Crippen LogP contribution in [0.15, 0.2) is 36.8 Å². The predicted octanol–water partition coefficient (Wildman–Crippen LogP) is 2.16. The number of H-pyrrole nitrogens is 1. The molecular weight excluding hydrogens is 420 g/mol. The fourth-order valence-electron chi connectivity index (χ4n) is 4.77. The molecular formula is C21H23F2N7O2. The molecule has 2 aromatic heterocycles. The van der Waals surface area contributed by atoms with Crippen LogP contribution in [-0.2, 0) is 0 Å². The normalized spacial score (nSPS) is 26.6. The van der Waals surface area contributed by atoms with Gasteiger partial charge in [-0.15, -0.1) is 10.2 Å². The number of phenols is 1. The minimum absolute atomic E-state index is 0.00381. The third-order valence-electron chi connectivity index (χ3n) is 6.39. The van der Waals surface area contributed by atoms with Crippen molar-refractivity contribution in [2.45, 2.75) is 43.5 Å². The SMILES string of the molecule is CN(c1cnc(-c2ccc(-c3cn[nH]c3)cc2O)nn1)[C@H]1C[C@@H]2CC(F)(F)CC1[C@H](O)N2. The smallest absolute Gasteiger partial charge is 0.250 e. The Balaban J connectivity index is 1.37. The number of aromatic hydroxyl groups is 1. The number of hydrogen-bond acceptors (Lipinski definition) is 8. The minimum Gasteiger partial charge on any atom is -0.507 e. The monoisotopic (exact) mass is 443 g/mol. The summed E-state index contributed by atoms with van der Waals surface area (Å²) in [4.78, 5) is 6.09. The Morgan fingerprint density at radius 1 is 1.16 bits per heavy atom. The van der Waals surface area contributed by atoms with Gasteiger partial charge in [-0.2, -0.15) is 5.10 Å². The summed E-state index contributed by atoms with van der Waals surface area (Å²) in [5.74, 6) is -2.80. The van der Waals surface area contributed by atoms with Crippen LogP contribution in [0.5, 0.6) is 5.75 Å². The van der Waals surface area contributed by atoms with Gasteiger partial charge in [0.05, 0.1) is 18.0 Å². The predicted molar refractivity (Wildman–Crippen MR) is 112 cm³/mol. The fraction of sp³-hybridized carbons (Fsp3) is 0.429. The summed E-state index contributed by atoms with van der Waals surface area (Å²) < 4.78 is 28.4. The van der Waals surface area contributed by atoms with Crippen LogP contribution in [0, 0.1) is 5.92 Å². The second-order valence-electron chi connectivity index (χ2n) is 8.51. The minimum atomic E-state index is -2.82. The van der Waals surface area contributed by atoms with E-state index in [1.807, 2.05) is 6.07 Å². The van der Waals surface area contributed by atoms with Crippen LogP contribution in [0.3, 0.4) is 0 Å². The van der Waals surface area contributed by atoms with Crippen LogP contribution < -0.4 is 10.2 Å². The Bertz CT molecular complexity index is 1090. The maximum Gasteiger partial charge on any atom is 0.250 e.